The monoisotopic (exact) mass is 338 g/mol. The van der Waals surface area contributed by atoms with Crippen molar-refractivity contribution in [1.82, 2.24) is 10.2 Å². The van der Waals surface area contributed by atoms with E-state index in [0.29, 0.717) is 12.5 Å². The van der Waals surface area contributed by atoms with Crippen molar-refractivity contribution in [2.75, 3.05) is 27.4 Å². The number of furan rings is 1. The van der Waals surface area contributed by atoms with Crippen LogP contribution in [0, 0.1) is 5.92 Å². The van der Waals surface area contributed by atoms with Crippen LogP contribution in [0.25, 0.3) is 0 Å². The molecule has 0 radical (unpaired) electrons. The van der Waals surface area contributed by atoms with Crippen LogP contribution in [0.15, 0.2) is 16.5 Å². The number of ether oxygens (including phenoxy) is 1. The Labute approximate surface area is 144 Å². The van der Waals surface area contributed by atoms with Crippen molar-refractivity contribution in [3.63, 3.8) is 0 Å². The van der Waals surface area contributed by atoms with Gasteiger partial charge in [-0.1, -0.05) is 6.92 Å². The SMILES string of the molecule is CCc1ccc(C(COC)NC(=O)N(C)C2CCC(CO)CC2)o1. The number of hydrogen-bond donors (Lipinski definition) is 2. The van der Waals surface area contributed by atoms with Gasteiger partial charge >= 0.3 is 6.03 Å². The number of nitrogens with one attached hydrogen (secondary N) is 1. The smallest absolute Gasteiger partial charge is 0.318 e. The lowest BCUT2D eigenvalue weighted by atomic mass is 9.86. The Hall–Kier alpha value is -1.53. The average Bonchev–Trinajstić information content (AvgIpc) is 3.09. The van der Waals surface area contributed by atoms with Crippen LogP contribution >= 0.6 is 0 Å². The molecule has 1 aliphatic carbocycles. The molecule has 136 valence electrons. The molecule has 1 fully saturated rings. The van der Waals surface area contributed by atoms with Gasteiger partial charge in [0.2, 0.25) is 0 Å². The molecule has 1 aromatic heterocycles. The van der Waals surface area contributed by atoms with Gasteiger partial charge in [0.15, 0.2) is 0 Å². The maximum atomic E-state index is 12.6. The Morgan fingerprint density at radius 3 is 2.67 bits per heavy atom. The summed E-state index contributed by atoms with van der Waals surface area (Å²) >= 11 is 0. The predicted octanol–water partition coefficient (Wildman–Crippen LogP) is 2.72. The van der Waals surface area contributed by atoms with Gasteiger partial charge in [-0.2, -0.15) is 0 Å². The van der Waals surface area contributed by atoms with Gasteiger partial charge in [-0.25, -0.2) is 4.79 Å². The van der Waals surface area contributed by atoms with Crippen LogP contribution in [0.2, 0.25) is 0 Å². The molecule has 2 rings (SSSR count). The van der Waals surface area contributed by atoms with Crippen molar-refractivity contribution < 1.29 is 19.1 Å². The number of amides is 2. The number of nitrogens with zero attached hydrogens (tertiary/aromatic N) is 1. The highest BCUT2D eigenvalue weighted by molar-refractivity contribution is 5.74. The third kappa shape index (κ3) is 4.74. The minimum atomic E-state index is -0.293. The fourth-order valence-electron chi connectivity index (χ4n) is 3.26. The molecule has 0 saturated heterocycles. The highest BCUT2D eigenvalue weighted by atomic mass is 16.5. The molecular weight excluding hydrogens is 308 g/mol. The Balaban J connectivity index is 1.94. The van der Waals surface area contributed by atoms with Crippen molar-refractivity contribution in [3.8, 4) is 0 Å². The Morgan fingerprint density at radius 1 is 1.42 bits per heavy atom. The van der Waals surface area contributed by atoms with E-state index in [2.05, 4.69) is 5.32 Å². The molecule has 0 bridgehead atoms. The second-order valence-corrected chi connectivity index (χ2v) is 6.58. The molecule has 1 heterocycles. The zero-order valence-electron chi connectivity index (χ0n) is 15.0. The van der Waals surface area contributed by atoms with E-state index in [-0.39, 0.29) is 24.7 Å². The molecule has 1 atom stereocenters. The second-order valence-electron chi connectivity index (χ2n) is 6.58. The largest absolute Gasteiger partial charge is 0.464 e. The lowest BCUT2D eigenvalue weighted by Gasteiger charge is -2.34. The molecule has 24 heavy (non-hydrogen) atoms. The van der Waals surface area contributed by atoms with E-state index in [0.717, 1.165) is 43.6 Å². The molecule has 1 saturated carbocycles. The Bertz CT molecular complexity index is 509. The van der Waals surface area contributed by atoms with Crippen LogP contribution in [-0.4, -0.2) is 49.5 Å². The fourth-order valence-corrected chi connectivity index (χ4v) is 3.26. The number of carbonyl (C=O) groups excluding carboxylic acids is 1. The van der Waals surface area contributed by atoms with E-state index in [1.807, 2.05) is 26.1 Å². The van der Waals surface area contributed by atoms with Crippen LogP contribution in [0.1, 0.15) is 50.2 Å². The van der Waals surface area contributed by atoms with E-state index >= 15 is 0 Å². The van der Waals surface area contributed by atoms with Gasteiger partial charge in [0.1, 0.15) is 17.6 Å². The quantitative estimate of drug-likeness (QED) is 0.801. The van der Waals surface area contributed by atoms with Crippen LogP contribution in [-0.2, 0) is 11.2 Å². The third-order valence-electron chi connectivity index (χ3n) is 4.95. The summed E-state index contributed by atoms with van der Waals surface area (Å²) in [6.07, 6.45) is 4.63. The summed E-state index contributed by atoms with van der Waals surface area (Å²) < 4.78 is 11.0. The number of rotatable bonds is 7. The van der Waals surface area contributed by atoms with Gasteiger partial charge in [-0.15, -0.1) is 0 Å². The molecule has 2 N–H and O–H groups in total. The minimum Gasteiger partial charge on any atom is -0.464 e. The number of aliphatic hydroxyl groups excluding tert-OH is 1. The molecule has 1 aliphatic rings. The minimum absolute atomic E-state index is 0.112. The third-order valence-corrected chi connectivity index (χ3v) is 4.95. The number of methoxy groups -OCH3 is 1. The van der Waals surface area contributed by atoms with Gasteiger partial charge in [0.05, 0.1) is 6.61 Å². The lowest BCUT2D eigenvalue weighted by molar-refractivity contribution is 0.122. The van der Waals surface area contributed by atoms with E-state index in [9.17, 15) is 9.90 Å². The maximum Gasteiger partial charge on any atom is 0.318 e. The summed E-state index contributed by atoms with van der Waals surface area (Å²) in [6, 6.07) is 3.65. The first-order chi connectivity index (χ1) is 11.6. The fraction of sp³-hybridized carbons (Fsp3) is 0.722. The number of urea groups is 1. The van der Waals surface area contributed by atoms with Crippen LogP contribution in [0.4, 0.5) is 4.79 Å². The highest BCUT2D eigenvalue weighted by Crippen LogP contribution is 2.27. The number of aryl methyl sites for hydroxylation is 1. The summed E-state index contributed by atoms with van der Waals surface area (Å²) in [5.41, 5.74) is 0. The topological polar surface area (TPSA) is 74.9 Å². The normalized spacial score (nSPS) is 22.2. The van der Waals surface area contributed by atoms with Crippen molar-refractivity contribution in [1.29, 1.82) is 0 Å². The van der Waals surface area contributed by atoms with Crippen molar-refractivity contribution in [2.24, 2.45) is 5.92 Å². The van der Waals surface area contributed by atoms with E-state index in [1.54, 1.807) is 12.0 Å². The summed E-state index contributed by atoms with van der Waals surface area (Å²) in [5.74, 6) is 2.00. The molecule has 1 unspecified atom stereocenters. The molecule has 6 nitrogen and oxygen atoms in total. The first-order valence-corrected chi connectivity index (χ1v) is 8.80. The molecular formula is C18H30N2O4. The van der Waals surface area contributed by atoms with Gasteiger partial charge in [0, 0.05) is 33.2 Å². The molecule has 0 aromatic carbocycles. The van der Waals surface area contributed by atoms with Crippen molar-refractivity contribution in [2.45, 2.75) is 51.1 Å². The van der Waals surface area contributed by atoms with E-state index < -0.39 is 0 Å². The van der Waals surface area contributed by atoms with Gasteiger partial charge in [-0.05, 0) is 43.7 Å². The first-order valence-electron chi connectivity index (χ1n) is 8.80. The van der Waals surface area contributed by atoms with Crippen molar-refractivity contribution >= 4 is 6.03 Å². The summed E-state index contributed by atoms with van der Waals surface area (Å²) in [6.45, 7) is 2.65. The predicted molar refractivity (Wildman–Crippen MR) is 91.8 cm³/mol. The first kappa shape index (κ1) is 18.8. The van der Waals surface area contributed by atoms with Gasteiger partial charge in [-0.3, -0.25) is 0 Å². The maximum absolute atomic E-state index is 12.6. The van der Waals surface area contributed by atoms with Crippen molar-refractivity contribution in [3.05, 3.63) is 23.7 Å². The molecule has 6 heteroatoms. The van der Waals surface area contributed by atoms with E-state index in [1.165, 1.54) is 0 Å². The molecule has 0 aliphatic heterocycles. The van der Waals surface area contributed by atoms with E-state index in [4.69, 9.17) is 9.15 Å². The summed E-state index contributed by atoms with van der Waals surface area (Å²) in [5, 5.41) is 12.2. The number of aliphatic hydroxyl groups is 1. The Kier molecular flexibility index (Phi) is 7.12. The molecule has 2 amide bonds. The van der Waals surface area contributed by atoms with Crippen LogP contribution in [0.5, 0.6) is 0 Å². The highest BCUT2D eigenvalue weighted by Gasteiger charge is 2.28. The van der Waals surface area contributed by atoms with Crippen LogP contribution in [0.3, 0.4) is 0 Å². The lowest BCUT2D eigenvalue weighted by Crippen LogP contribution is -2.46. The number of hydrogen-bond acceptors (Lipinski definition) is 4. The van der Waals surface area contributed by atoms with Gasteiger partial charge < -0.3 is 24.5 Å². The van der Waals surface area contributed by atoms with Crippen LogP contribution < -0.4 is 5.32 Å². The molecule has 0 spiro atoms. The summed E-state index contributed by atoms with van der Waals surface area (Å²) in [4.78, 5) is 14.4. The zero-order chi connectivity index (χ0) is 17.5. The van der Waals surface area contributed by atoms with Gasteiger partial charge in [0.25, 0.3) is 0 Å². The number of carbonyl (C=O) groups is 1. The Morgan fingerprint density at radius 2 is 2.12 bits per heavy atom. The second kappa shape index (κ2) is 9.08. The standard InChI is InChI=1S/C18H30N2O4/c1-4-15-9-10-17(24-15)16(12-23-3)19-18(22)20(2)14-7-5-13(11-21)6-8-14/h9-10,13-14,16,21H,4-8,11-12H2,1-3H3,(H,19,22). The average molecular weight is 338 g/mol. The molecule has 1 aromatic rings. The summed E-state index contributed by atoms with van der Waals surface area (Å²) in [7, 11) is 3.45. The zero-order valence-corrected chi connectivity index (χ0v) is 15.0.